The smallest absolute Gasteiger partial charge is 0.330 e. The van der Waals surface area contributed by atoms with Crippen molar-refractivity contribution in [2.75, 3.05) is 6.61 Å². The molecule has 0 amide bonds. The Bertz CT molecular complexity index is 316. The molecule has 2 heteroatoms. The Balaban J connectivity index is 1.90. The minimum Gasteiger partial charge on any atom is -0.462 e. The van der Waals surface area contributed by atoms with Crippen LogP contribution < -0.4 is 0 Å². The first kappa shape index (κ1) is 14.8. The molecule has 0 N–H and O–H groups in total. The van der Waals surface area contributed by atoms with E-state index in [-0.39, 0.29) is 5.97 Å². The van der Waals surface area contributed by atoms with E-state index < -0.39 is 0 Å². The number of esters is 1. The zero-order valence-electron chi connectivity index (χ0n) is 11.4. The normalized spacial score (nSPS) is 14.3. The molecule has 0 radical (unpaired) electrons. The lowest BCUT2D eigenvalue weighted by atomic mass is 10.1. The van der Waals surface area contributed by atoms with Gasteiger partial charge in [0.2, 0.25) is 0 Å². The van der Waals surface area contributed by atoms with Gasteiger partial charge in [-0.2, -0.15) is 0 Å². The largest absolute Gasteiger partial charge is 0.462 e. The highest BCUT2D eigenvalue weighted by Gasteiger charge is 2.17. The summed E-state index contributed by atoms with van der Waals surface area (Å²) in [4.78, 5) is 11.2. The Labute approximate surface area is 111 Å². The van der Waals surface area contributed by atoms with Gasteiger partial charge in [-0.3, -0.25) is 0 Å². The second kappa shape index (κ2) is 9.76. The lowest BCUT2D eigenvalue weighted by molar-refractivity contribution is -0.137. The molecule has 1 fully saturated rings. The van der Waals surface area contributed by atoms with E-state index in [0.717, 1.165) is 6.42 Å². The molecular formula is C16H24O2. The van der Waals surface area contributed by atoms with E-state index in [1.54, 1.807) is 6.08 Å². The van der Waals surface area contributed by atoms with Crippen LogP contribution in [0.3, 0.4) is 0 Å². The van der Waals surface area contributed by atoms with Crippen LogP contribution in [0.25, 0.3) is 0 Å². The molecule has 1 aliphatic carbocycles. The summed E-state index contributed by atoms with van der Waals surface area (Å²) < 4.78 is 5.04. The summed E-state index contributed by atoms with van der Waals surface area (Å²) in [5.41, 5.74) is 0. The van der Waals surface area contributed by atoms with Gasteiger partial charge in [0.25, 0.3) is 0 Å². The number of hydrogen-bond acceptors (Lipinski definition) is 2. The van der Waals surface area contributed by atoms with Crippen molar-refractivity contribution in [2.24, 2.45) is 5.92 Å². The van der Waals surface area contributed by atoms with Crippen molar-refractivity contribution in [1.29, 1.82) is 0 Å². The molecule has 0 aromatic carbocycles. The molecule has 0 saturated heterocycles. The van der Waals surface area contributed by atoms with E-state index in [0.29, 0.717) is 18.9 Å². The van der Waals surface area contributed by atoms with E-state index in [1.807, 2.05) is 6.08 Å². The summed E-state index contributed by atoms with van der Waals surface area (Å²) in [6, 6.07) is 0. The first-order valence-electron chi connectivity index (χ1n) is 7.13. The van der Waals surface area contributed by atoms with Crippen molar-refractivity contribution in [2.45, 2.75) is 58.3 Å². The summed E-state index contributed by atoms with van der Waals surface area (Å²) in [5, 5.41) is 0. The summed E-state index contributed by atoms with van der Waals surface area (Å²) in [5.74, 6) is 6.56. The summed E-state index contributed by atoms with van der Waals surface area (Å²) >= 11 is 0. The molecule has 0 bridgehead atoms. The predicted molar refractivity (Wildman–Crippen MR) is 74.0 cm³/mol. The summed E-state index contributed by atoms with van der Waals surface area (Å²) in [6.07, 6.45) is 12.6. The maximum Gasteiger partial charge on any atom is 0.330 e. The fraction of sp³-hybridized carbons (Fsp3) is 0.688. The number of ether oxygens (including phenoxy) is 1. The summed E-state index contributed by atoms with van der Waals surface area (Å²) in [7, 11) is 0. The standard InChI is InChI=1S/C16H24O2/c1-2-3-4-5-6-7-8-9-14-18-16(17)13-12-15-10-11-15/h12-13,15H,2-6,9-11,14H2,1H3. The van der Waals surface area contributed by atoms with Crippen LogP contribution in [0.5, 0.6) is 0 Å². The maximum atomic E-state index is 11.2. The van der Waals surface area contributed by atoms with E-state index in [9.17, 15) is 4.79 Å². The van der Waals surface area contributed by atoms with Crippen LogP contribution in [0.2, 0.25) is 0 Å². The van der Waals surface area contributed by atoms with Gasteiger partial charge < -0.3 is 4.74 Å². The quantitative estimate of drug-likeness (QED) is 0.282. The topological polar surface area (TPSA) is 26.3 Å². The van der Waals surface area contributed by atoms with Gasteiger partial charge in [0, 0.05) is 18.9 Å². The molecule has 0 spiro atoms. The fourth-order valence-electron chi connectivity index (χ4n) is 1.57. The highest BCUT2D eigenvalue weighted by molar-refractivity contribution is 5.81. The second-order valence-electron chi connectivity index (χ2n) is 4.78. The van der Waals surface area contributed by atoms with Gasteiger partial charge >= 0.3 is 5.97 Å². The van der Waals surface area contributed by atoms with Crippen molar-refractivity contribution in [3.63, 3.8) is 0 Å². The molecule has 0 aromatic rings. The Morgan fingerprint density at radius 1 is 1.22 bits per heavy atom. The van der Waals surface area contributed by atoms with Crippen LogP contribution in [0.15, 0.2) is 12.2 Å². The molecule has 1 aliphatic rings. The van der Waals surface area contributed by atoms with E-state index in [1.165, 1.54) is 38.5 Å². The molecule has 2 nitrogen and oxygen atoms in total. The highest BCUT2D eigenvalue weighted by Crippen LogP contribution is 2.29. The predicted octanol–water partition coefficient (Wildman–Crippen LogP) is 3.86. The molecular weight excluding hydrogens is 224 g/mol. The molecule has 100 valence electrons. The number of rotatable bonds is 8. The maximum absolute atomic E-state index is 11.2. The van der Waals surface area contributed by atoms with Crippen LogP contribution >= 0.6 is 0 Å². The lowest BCUT2D eigenvalue weighted by Crippen LogP contribution is -2.01. The Hall–Kier alpha value is -1.23. The minimum atomic E-state index is -0.230. The zero-order valence-corrected chi connectivity index (χ0v) is 11.4. The molecule has 0 unspecified atom stereocenters. The van der Waals surface area contributed by atoms with Crippen molar-refractivity contribution < 1.29 is 9.53 Å². The first-order chi connectivity index (χ1) is 8.83. The zero-order chi connectivity index (χ0) is 13.1. The van der Waals surface area contributed by atoms with Crippen LogP contribution in [0, 0.1) is 17.8 Å². The Morgan fingerprint density at radius 2 is 2.00 bits per heavy atom. The van der Waals surface area contributed by atoms with Crippen LogP contribution in [-0.4, -0.2) is 12.6 Å². The van der Waals surface area contributed by atoms with Crippen LogP contribution in [0.1, 0.15) is 58.3 Å². The highest BCUT2D eigenvalue weighted by atomic mass is 16.5. The van der Waals surface area contributed by atoms with Crippen molar-refractivity contribution in [3.8, 4) is 11.8 Å². The van der Waals surface area contributed by atoms with Gasteiger partial charge in [0.15, 0.2) is 0 Å². The Kier molecular flexibility index (Phi) is 8.04. The van der Waals surface area contributed by atoms with E-state index in [2.05, 4.69) is 18.8 Å². The van der Waals surface area contributed by atoms with Gasteiger partial charge in [-0.1, -0.05) is 38.2 Å². The fourth-order valence-corrected chi connectivity index (χ4v) is 1.57. The van der Waals surface area contributed by atoms with Gasteiger partial charge in [0.1, 0.15) is 6.61 Å². The van der Waals surface area contributed by atoms with Gasteiger partial charge in [-0.05, 0) is 25.2 Å². The van der Waals surface area contributed by atoms with Crippen LogP contribution in [0.4, 0.5) is 0 Å². The molecule has 1 rings (SSSR count). The average Bonchev–Trinajstić information content (AvgIpc) is 3.18. The van der Waals surface area contributed by atoms with Gasteiger partial charge in [-0.25, -0.2) is 4.79 Å². The van der Waals surface area contributed by atoms with Crippen molar-refractivity contribution in [1.82, 2.24) is 0 Å². The number of unbranched alkanes of at least 4 members (excludes halogenated alkanes) is 4. The number of hydrogen-bond donors (Lipinski definition) is 0. The lowest BCUT2D eigenvalue weighted by Gasteiger charge is -1.96. The third-order valence-corrected chi connectivity index (χ3v) is 2.88. The van der Waals surface area contributed by atoms with Gasteiger partial charge in [0.05, 0.1) is 0 Å². The minimum absolute atomic E-state index is 0.230. The third kappa shape index (κ3) is 8.87. The van der Waals surface area contributed by atoms with Gasteiger partial charge in [-0.15, -0.1) is 5.92 Å². The molecule has 0 aromatic heterocycles. The van der Waals surface area contributed by atoms with Crippen molar-refractivity contribution in [3.05, 3.63) is 12.2 Å². The number of carbonyl (C=O) groups excluding carboxylic acids is 1. The first-order valence-corrected chi connectivity index (χ1v) is 7.13. The number of allylic oxidation sites excluding steroid dienone is 1. The second-order valence-corrected chi connectivity index (χ2v) is 4.78. The van der Waals surface area contributed by atoms with E-state index in [4.69, 9.17) is 4.74 Å². The molecule has 0 atom stereocenters. The molecule has 18 heavy (non-hydrogen) atoms. The monoisotopic (exact) mass is 248 g/mol. The third-order valence-electron chi connectivity index (χ3n) is 2.88. The van der Waals surface area contributed by atoms with E-state index >= 15 is 0 Å². The molecule has 0 heterocycles. The molecule has 0 aliphatic heterocycles. The molecule has 1 saturated carbocycles. The summed E-state index contributed by atoms with van der Waals surface area (Å²) in [6.45, 7) is 2.62. The Morgan fingerprint density at radius 3 is 2.72 bits per heavy atom. The van der Waals surface area contributed by atoms with Crippen molar-refractivity contribution >= 4 is 5.97 Å². The SMILES string of the molecule is CCCCCCC#CCCOC(=O)C=CC1CC1. The average molecular weight is 248 g/mol. The number of carbonyl (C=O) groups is 1. The van der Waals surface area contributed by atoms with Crippen LogP contribution in [-0.2, 0) is 9.53 Å².